The van der Waals surface area contributed by atoms with Gasteiger partial charge in [-0.3, -0.25) is 0 Å². The minimum atomic E-state index is 0.381. The van der Waals surface area contributed by atoms with Gasteiger partial charge in [0, 0.05) is 17.3 Å². The van der Waals surface area contributed by atoms with Crippen LogP contribution in [0.1, 0.15) is 0 Å². The molecule has 2 heterocycles. The van der Waals surface area contributed by atoms with E-state index in [2.05, 4.69) is 15.1 Å². The molecule has 0 amide bonds. The quantitative estimate of drug-likeness (QED) is 0.690. The molecule has 1 aromatic carbocycles. The highest BCUT2D eigenvalue weighted by Gasteiger charge is 2.11. The van der Waals surface area contributed by atoms with E-state index in [-0.39, 0.29) is 0 Å². The lowest BCUT2D eigenvalue weighted by molar-refractivity contribution is 0.415. The summed E-state index contributed by atoms with van der Waals surface area (Å²) in [5.74, 6) is 1.69. The van der Waals surface area contributed by atoms with E-state index in [1.165, 1.54) is 0 Å². The van der Waals surface area contributed by atoms with Crippen LogP contribution in [0.2, 0.25) is 5.15 Å². The highest BCUT2D eigenvalue weighted by molar-refractivity contribution is 6.29. The fourth-order valence-electron chi connectivity index (χ4n) is 1.73. The second kappa shape index (κ2) is 5.30. The smallest absolute Gasteiger partial charge is 0.258 e. The van der Waals surface area contributed by atoms with E-state index in [4.69, 9.17) is 20.9 Å². The van der Waals surface area contributed by atoms with Gasteiger partial charge in [-0.25, -0.2) is 4.98 Å². The highest BCUT2D eigenvalue weighted by atomic mass is 35.5. The van der Waals surface area contributed by atoms with Crippen molar-refractivity contribution in [3.8, 4) is 28.6 Å². The summed E-state index contributed by atoms with van der Waals surface area (Å²) in [6, 6.07) is 10.9. The first-order valence-electron chi connectivity index (χ1n) is 5.86. The molecule has 20 heavy (non-hydrogen) atoms. The van der Waals surface area contributed by atoms with Crippen molar-refractivity contribution in [2.45, 2.75) is 0 Å². The van der Waals surface area contributed by atoms with Gasteiger partial charge in [-0.1, -0.05) is 16.8 Å². The van der Waals surface area contributed by atoms with Gasteiger partial charge in [-0.15, -0.1) is 0 Å². The molecule has 0 bridgehead atoms. The predicted octanol–water partition coefficient (Wildman–Crippen LogP) is 3.46. The van der Waals surface area contributed by atoms with Crippen molar-refractivity contribution in [3.05, 3.63) is 47.7 Å². The number of pyridine rings is 1. The number of ether oxygens (including phenoxy) is 1. The predicted molar refractivity (Wildman–Crippen MR) is 74.5 cm³/mol. The summed E-state index contributed by atoms with van der Waals surface area (Å²) in [7, 11) is 1.62. The minimum absolute atomic E-state index is 0.381. The van der Waals surface area contributed by atoms with E-state index in [9.17, 15) is 0 Å². The maximum absolute atomic E-state index is 5.84. The molecule has 0 spiro atoms. The third-order valence-corrected chi connectivity index (χ3v) is 2.95. The summed E-state index contributed by atoms with van der Waals surface area (Å²) in [6.45, 7) is 0. The fraction of sp³-hybridized carbons (Fsp3) is 0.0714. The number of nitrogens with zero attached hydrogens (tertiary/aromatic N) is 3. The maximum atomic E-state index is 5.84. The average Bonchev–Trinajstić information content (AvgIpc) is 2.97. The van der Waals surface area contributed by atoms with Crippen LogP contribution < -0.4 is 4.74 Å². The molecule has 0 aliphatic carbocycles. The van der Waals surface area contributed by atoms with Crippen molar-refractivity contribution < 1.29 is 9.26 Å². The van der Waals surface area contributed by atoms with Crippen molar-refractivity contribution in [2.24, 2.45) is 0 Å². The van der Waals surface area contributed by atoms with Crippen molar-refractivity contribution in [3.63, 3.8) is 0 Å². The molecular weight excluding hydrogens is 278 g/mol. The first kappa shape index (κ1) is 12.6. The molecule has 0 radical (unpaired) electrons. The second-order valence-corrected chi connectivity index (χ2v) is 4.41. The van der Waals surface area contributed by atoms with Crippen molar-refractivity contribution in [2.75, 3.05) is 7.11 Å². The largest absolute Gasteiger partial charge is 0.497 e. The Bertz CT molecular complexity index is 725. The summed E-state index contributed by atoms with van der Waals surface area (Å²) >= 11 is 5.84. The monoisotopic (exact) mass is 287 g/mol. The fourth-order valence-corrected chi connectivity index (χ4v) is 1.91. The normalized spacial score (nSPS) is 10.5. The molecular formula is C14H10ClN3O2. The van der Waals surface area contributed by atoms with E-state index < -0.39 is 0 Å². The van der Waals surface area contributed by atoms with E-state index >= 15 is 0 Å². The van der Waals surface area contributed by atoms with Crippen molar-refractivity contribution >= 4 is 11.6 Å². The Kier molecular flexibility index (Phi) is 3.35. The molecule has 3 aromatic rings. The Labute approximate surface area is 120 Å². The van der Waals surface area contributed by atoms with Gasteiger partial charge < -0.3 is 9.26 Å². The van der Waals surface area contributed by atoms with Gasteiger partial charge in [0.05, 0.1) is 7.11 Å². The van der Waals surface area contributed by atoms with Crippen LogP contribution in [0.25, 0.3) is 22.8 Å². The van der Waals surface area contributed by atoms with Gasteiger partial charge in [0.25, 0.3) is 5.89 Å². The first-order valence-corrected chi connectivity index (χ1v) is 6.24. The van der Waals surface area contributed by atoms with E-state index in [0.29, 0.717) is 16.9 Å². The molecule has 0 fully saturated rings. The second-order valence-electron chi connectivity index (χ2n) is 4.02. The summed E-state index contributed by atoms with van der Waals surface area (Å²) in [4.78, 5) is 8.25. The number of hydrogen-bond donors (Lipinski definition) is 0. The number of benzene rings is 1. The molecule has 0 unspecified atom stereocenters. The van der Waals surface area contributed by atoms with Crippen LogP contribution in [-0.4, -0.2) is 22.2 Å². The number of halogens is 1. The van der Waals surface area contributed by atoms with Crippen LogP contribution in [-0.2, 0) is 0 Å². The van der Waals surface area contributed by atoms with Gasteiger partial charge in [0.15, 0.2) is 0 Å². The minimum Gasteiger partial charge on any atom is -0.497 e. The average molecular weight is 288 g/mol. The standard InChI is InChI=1S/C14H10ClN3O2/c1-19-11-4-2-9(3-5-11)13-17-14(20-18-13)10-6-7-16-12(15)8-10/h2-8H,1H3. The van der Waals surface area contributed by atoms with Crippen LogP contribution in [0, 0.1) is 0 Å². The first-order chi connectivity index (χ1) is 9.76. The van der Waals surface area contributed by atoms with Crippen LogP contribution >= 0.6 is 11.6 Å². The number of methoxy groups -OCH3 is 1. The summed E-state index contributed by atoms with van der Waals surface area (Å²) in [6.07, 6.45) is 1.59. The highest BCUT2D eigenvalue weighted by Crippen LogP contribution is 2.24. The summed E-state index contributed by atoms with van der Waals surface area (Å²) in [5.41, 5.74) is 1.58. The lowest BCUT2D eigenvalue weighted by atomic mass is 10.2. The van der Waals surface area contributed by atoms with Crippen molar-refractivity contribution in [1.29, 1.82) is 0 Å². The topological polar surface area (TPSA) is 61.0 Å². The molecule has 0 saturated carbocycles. The van der Waals surface area contributed by atoms with Gasteiger partial charge in [0.1, 0.15) is 10.9 Å². The van der Waals surface area contributed by atoms with Gasteiger partial charge >= 0.3 is 0 Å². The van der Waals surface area contributed by atoms with E-state index in [0.717, 1.165) is 16.9 Å². The van der Waals surface area contributed by atoms with Crippen LogP contribution in [0.5, 0.6) is 5.75 Å². The van der Waals surface area contributed by atoms with Crippen molar-refractivity contribution in [1.82, 2.24) is 15.1 Å². The summed E-state index contributed by atoms with van der Waals surface area (Å²) < 4.78 is 10.3. The van der Waals surface area contributed by atoms with E-state index in [1.54, 1.807) is 25.4 Å². The zero-order valence-electron chi connectivity index (χ0n) is 10.6. The van der Waals surface area contributed by atoms with E-state index in [1.807, 2.05) is 24.3 Å². The summed E-state index contributed by atoms with van der Waals surface area (Å²) in [5, 5.41) is 4.34. The lowest BCUT2D eigenvalue weighted by Crippen LogP contribution is -1.84. The zero-order chi connectivity index (χ0) is 13.9. The molecule has 0 aliphatic rings. The Morgan fingerprint density at radius 3 is 2.60 bits per heavy atom. The van der Waals surface area contributed by atoms with Crippen LogP contribution in [0.3, 0.4) is 0 Å². The van der Waals surface area contributed by atoms with Crippen LogP contribution in [0.15, 0.2) is 47.1 Å². The third-order valence-electron chi connectivity index (χ3n) is 2.75. The molecule has 0 N–H and O–H groups in total. The molecule has 0 aliphatic heterocycles. The Morgan fingerprint density at radius 1 is 1.10 bits per heavy atom. The Morgan fingerprint density at radius 2 is 1.90 bits per heavy atom. The third kappa shape index (κ3) is 2.48. The Balaban J connectivity index is 1.93. The number of hydrogen-bond acceptors (Lipinski definition) is 5. The molecule has 0 atom stereocenters. The van der Waals surface area contributed by atoms with Gasteiger partial charge in [-0.05, 0) is 36.4 Å². The molecule has 2 aromatic heterocycles. The lowest BCUT2D eigenvalue weighted by Gasteiger charge is -1.98. The van der Waals surface area contributed by atoms with Gasteiger partial charge in [-0.2, -0.15) is 4.98 Å². The number of aromatic nitrogens is 3. The maximum Gasteiger partial charge on any atom is 0.258 e. The zero-order valence-corrected chi connectivity index (χ0v) is 11.3. The SMILES string of the molecule is COc1ccc(-c2noc(-c3ccnc(Cl)c3)n2)cc1. The van der Waals surface area contributed by atoms with Gasteiger partial charge in [0.2, 0.25) is 5.82 Å². The van der Waals surface area contributed by atoms with Crippen LogP contribution in [0.4, 0.5) is 0 Å². The molecule has 3 rings (SSSR count). The molecule has 100 valence electrons. The molecule has 6 heteroatoms. The molecule has 0 saturated heterocycles. The Hall–Kier alpha value is -2.40. The number of rotatable bonds is 3. The molecule has 5 nitrogen and oxygen atoms in total.